The number of hydrogen-bond donors (Lipinski definition) is 3. The summed E-state index contributed by atoms with van der Waals surface area (Å²) < 4.78 is 25.8. The Morgan fingerprint density at radius 3 is 2.34 bits per heavy atom. The van der Waals surface area contributed by atoms with Crippen molar-refractivity contribution in [1.29, 1.82) is 0 Å². The van der Waals surface area contributed by atoms with Crippen LogP contribution in [0.4, 0.5) is 9.59 Å². The number of nitrogens with zero attached hydrogens (tertiary/aromatic N) is 5. The number of carbonyl (C=O) groups excluding carboxylic acids is 3. The van der Waals surface area contributed by atoms with Crippen molar-refractivity contribution < 1.29 is 33.0 Å². The van der Waals surface area contributed by atoms with Gasteiger partial charge in [0.2, 0.25) is 12.1 Å². The van der Waals surface area contributed by atoms with Gasteiger partial charge in [0.15, 0.2) is 5.76 Å². The van der Waals surface area contributed by atoms with Gasteiger partial charge in [-0.25, -0.2) is 19.6 Å². The highest BCUT2D eigenvalue weighted by atomic mass is 16.6. The molecule has 322 valence electrons. The number of aromatic amines is 2. The number of imidazole rings is 2. The van der Waals surface area contributed by atoms with Crippen LogP contribution >= 0.6 is 0 Å². The van der Waals surface area contributed by atoms with Crippen LogP contribution in [-0.4, -0.2) is 83.7 Å². The molecule has 1 aliphatic carbocycles. The summed E-state index contributed by atoms with van der Waals surface area (Å²) in [5.41, 5.74) is 5.85. The van der Waals surface area contributed by atoms with E-state index in [1.54, 1.807) is 6.20 Å². The van der Waals surface area contributed by atoms with E-state index in [9.17, 15) is 14.4 Å². The molecule has 0 spiro atoms. The van der Waals surface area contributed by atoms with Crippen molar-refractivity contribution in [3.05, 3.63) is 90.2 Å². The van der Waals surface area contributed by atoms with Gasteiger partial charge >= 0.3 is 12.2 Å². The molecule has 1 unspecified atom stereocenters. The van der Waals surface area contributed by atoms with E-state index < -0.39 is 24.0 Å². The number of rotatable bonds is 8. The quantitative estimate of drug-likeness (QED) is 0.135. The van der Waals surface area contributed by atoms with Crippen molar-refractivity contribution >= 4 is 29.0 Å². The number of furan rings is 1. The molecule has 3 N–H and O–H groups in total. The Kier molecular flexibility index (Phi) is 9.48. The van der Waals surface area contributed by atoms with Crippen molar-refractivity contribution in [2.24, 2.45) is 11.8 Å². The van der Waals surface area contributed by atoms with Gasteiger partial charge in [-0.2, -0.15) is 0 Å². The predicted molar refractivity (Wildman–Crippen MR) is 230 cm³/mol. The van der Waals surface area contributed by atoms with Gasteiger partial charge in [-0.3, -0.25) is 14.3 Å². The van der Waals surface area contributed by atoms with Gasteiger partial charge < -0.3 is 38.8 Å². The van der Waals surface area contributed by atoms with Crippen LogP contribution in [0.25, 0.3) is 44.7 Å². The molecule has 15 nitrogen and oxygen atoms in total. The minimum atomic E-state index is -0.715. The molecule has 0 radical (unpaired) electrons. The molecule has 1 saturated carbocycles. The van der Waals surface area contributed by atoms with Gasteiger partial charge in [-0.1, -0.05) is 26.0 Å². The average Bonchev–Trinajstić information content (AvgIpc) is 3.98. The monoisotopic (exact) mass is 840 g/mol. The number of benzene rings is 2. The molecule has 6 atom stereocenters. The summed E-state index contributed by atoms with van der Waals surface area (Å²) in [7, 11) is 1.29. The minimum absolute atomic E-state index is 0.128. The molecule has 2 aromatic carbocycles. The maximum atomic E-state index is 13.8. The largest absolute Gasteiger partial charge is 0.462 e. The number of alkyl carbamates (subject to hydrolysis) is 1. The molecule has 10 rings (SSSR count). The number of hydrogen-bond acceptors (Lipinski definition) is 9. The van der Waals surface area contributed by atoms with Crippen LogP contribution < -0.4 is 10.1 Å². The number of ether oxygens (including phenoxy) is 3. The number of methoxy groups -OCH3 is 1. The number of nitrogens with one attached hydrogen (secondary N) is 3. The number of likely N-dealkylation sites (tertiary alicyclic amines) is 2. The van der Waals surface area contributed by atoms with E-state index in [0.29, 0.717) is 29.8 Å². The first-order chi connectivity index (χ1) is 29.7. The lowest BCUT2D eigenvalue weighted by molar-refractivity contribution is -0.135. The van der Waals surface area contributed by atoms with Crippen LogP contribution in [0.5, 0.6) is 5.75 Å². The normalized spacial score (nSPS) is 22.0. The highest BCUT2D eigenvalue weighted by molar-refractivity contribution is 5.92. The average molecular weight is 841 g/mol. The lowest BCUT2D eigenvalue weighted by atomic mass is 10.0. The molecule has 0 bridgehead atoms. The van der Waals surface area contributed by atoms with Crippen LogP contribution in [0.2, 0.25) is 0 Å². The van der Waals surface area contributed by atoms with Gasteiger partial charge in [-0.05, 0) is 108 Å². The van der Waals surface area contributed by atoms with Gasteiger partial charge in [0.25, 0.3) is 0 Å². The van der Waals surface area contributed by atoms with Crippen molar-refractivity contribution in [3.63, 3.8) is 0 Å². The number of carbonyl (C=O) groups is 3. The lowest BCUT2D eigenvalue weighted by Gasteiger charge is -2.30. The molecule has 62 heavy (non-hydrogen) atoms. The van der Waals surface area contributed by atoms with Crippen molar-refractivity contribution in [3.8, 4) is 39.5 Å². The van der Waals surface area contributed by atoms with Gasteiger partial charge in [0.05, 0.1) is 54.2 Å². The molecule has 15 heteroatoms. The molecular formula is C47H52N8O7. The molecule has 3 aliphatic heterocycles. The molecular weight excluding hydrogens is 789 g/mol. The number of fused-ring (bicyclic) bond motifs is 6. The van der Waals surface area contributed by atoms with Crippen molar-refractivity contribution in [2.75, 3.05) is 13.7 Å². The molecule has 4 aliphatic rings. The summed E-state index contributed by atoms with van der Waals surface area (Å²) in [6.07, 6.45) is 5.62. The summed E-state index contributed by atoms with van der Waals surface area (Å²) in [6, 6.07) is 17.7. The fourth-order valence-corrected chi connectivity index (χ4v) is 9.58. The Balaban J connectivity index is 0.946. The lowest BCUT2D eigenvalue weighted by Crippen LogP contribution is -2.51. The predicted octanol–water partition coefficient (Wildman–Crippen LogP) is 9.04. The number of aryl methyl sites for hydroxylation is 1. The number of amides is 3. The number of H-pyrrole nitrogens is 2. The van der Waals surface area contributed by atoms with E-state index in [1.165, 1.54) is 7.11 Å². The van der Waals surface area contributed by atoms with E-state index in [-0.39, 0.29) is 36.0 Å². The second-order valence-electron chi connectivity index (χ2n) is 18.4. The second-order valence-corrected chi connectivity index (χ2v) is 18.4. The summed E-state index contributed by atoms with van der Waals surface area (Å²) in [6.45, 7) is 12.0. The van der Waals surface area contributed by atoms with E-state index in [4.69, 9.17) is 28.6 Å². The fraction of sp³-hybridized carbons (Fsp3) is 0.426. The van der Waals surface area contributed by atoms with E-state index in [1.807, 2.05) is 75.7 Å². The van der Waals surface area contributed by atoms with Crippen molar-refractivity contribution in [1.82, 2.24) is 39.6 Å². The van der Waals surface area contributed by atoms with Gasteiger partial charge in [-0.15, -0.1) is 0 Å². The summed E-state index contributed by atoms with van der Waals surface area (Å²) in [5.74, 6) is 3.82. The Morgan fingerprint density at radius 1 is 0.919 bits per heavy atom. The topological polar surface area (TPSA) is 173 Å². The zero-order chi connectivity index (χ0) is 43.2. The molecule has 4 aromatic heterocycles. The molecule has 3 fully saturated rings. The first-order valence-corrected chi connectivity index (χ1v) is 21.5. The molecule has 2 saturated heterocycles. The Morgan fingerprint density at radius 2 is 1.65 bits per heavy atom. The van der Waals surface area contributed by atoms with Gasteiger partial charge in [0.1, 0.15) is 34.8 Å². The van der Waals surface area contributed by atoms with Gasteiger partial charge in [0, 0.05) is 34.7 Å². The smallest absolute Gasteiger partial charge is 0.411 e. The maximum Gasteiger partial charge on any atom is 0.411 e. The first-order valence-electron chi connectivity index (χ1n) is 21.5. The van der Waals surface area contributed by atoms with E-state index in [0.717, 1.165) is 81.9 Å². The maximum absolute atomic E-state index is 13.8. The molecule has 3 amide bonds. The van der Waals surface area contributed by atoms with Crippen LogP contribution in [-0.2, 0) is 14.3 Å². The summed E-state index contributed by atoms with van der Waals surface area (Å²) >= 11 is 0. The highest BCUT2D eigenvalue weighted by Crippen LogP contribution is 2.54. The summed E-state index contributed by atoms with van der Waals surface area (Å²) in [5, 5.41) is 3.74. The van der Waals surface area contributed by atoms with Crippen LogP contribution in [0.3, 0.4) is 0 Å². The van der Waals surface area contributed by atoms with E-state index >= 15 is 0 Å². The Bertz CT molecular complexity index is 2720. The highest BCUT2D eigenvalue weighted by Gasteiger charge is 2.56. The molecule has 6 aromatic rings. The van der Waals surface area contributed by atoms with Crippen LogP contribution in [0.15, 0.2) is 71.4 Å². The minimum Gasteiger partial charge on any atom is -0.462 e. The third kappa shape index (κ3) is 6.96. The van der Waals surface area contributed by atoms with Crippen LogP contribution in [0.1, 0.15) is 102 Å². The zero-order valence-electron chi connectivity index (χ0n) is 36.0. The Hall–Kier alpha value is -6.51. The first kappa shape index (κ1) is 39.6. The number of piperidine rings is 1. The summed E-state index contributed by atoms with van der Waals surface area (Å²) in [4.78, 5) is 59.4. The molecule has 7 heterocycles. The Labute approximate surface area is 359 Å². The third-order valence-corrected chi connectivity index (χ3v) is 12.7. The third-order valence-electron chi connectivity index (χ3n) is 12.7. The van der Waals surface area contributed by atoms with Crippen molar-refractivity contribution in [2.45, 2.75) is 103 Å². The SMILES string of the molecule is COC(=O)N[C@H](C(=O)N1CCC[C@H]1c1ncc(-c2ccc3c(c2)OC(c2ccc(C)o2)n2c-3cc3cc(-c4cnc([C@@H]5C[C@H]6C[C@H]6N5C(=O)OC(C)(C)C)[nH]4)ccc32)[nH]1)C(C)C. The number of aromatic nitrogens is 5. The zero-order valence-corrected chi connectivity index (χ0v) is 36.0. The standard InChI is InChI=1S/C47H52N8O7/c1-24(2)40(52-45(57)59-7)43(56)53-16-8-9-34(53)41-48-23-32(50-41)27-11-13-30-36-19-28-17-26(12-14-33(28)54(36)44(61-39(30)21-27)38-15-10-25(3)60-38)31-22-49-42(51-31)37-20-29-18-35(29)55(37)46(58)62-47(4,5)6/h10-15,17,19,21-24,29,34-35,37,40,44H,8-9,16,18,20H2,1-7H3,(H,48,50)(H,49,51)(H,52,57)/t29-,34+,35-,37+,40+,44?/m1/s1. The van der Waals surface area contributed by atoms with Crippen LogP contribution in [0, 0.1) is 18.8 Å². The van der Waals surface area contributed by atoms with E-state index in [2.05, 4.69) is 56.3 Å². The second kappa shape index (κ2) is 14.8. The fourth-order valence-electron chi connectivity index (χ4n) is 9.58.